The van der Waals surface area contributed by atoms with E-state index in [0.717, 1.165) is 0 Å². The van der Waals surface area contributed by atoms with Gasteiger partial charge in [-0.05, 0) is 342 Å². The second-order valence-corrected chi connectivity index (χ2v) is 38.6. The third-order valence-corrected chi connectivity index (χ3v) is 31.0. The Morgan fingerprint density at radius 1 is 0.145 bits per heavy atom. The van der Waals surface area contributed by atoms with Crippen LogP contribution in [-0.4, -0.2) is 4.57 Å². The van der Waals surface area contributed by atoms with Gasteiger partial charge in [-0.25, -0.2) is 0 Å². The summed E-state index contributed by atoms with van der Waals surface area (Å²) in [5.74, 6) is 0. The summed E-state index contributed by atoms with van der Waals surface area (Å²) in [6.45, 7) is 4.68. The molecule has 0 amide bonds. The fourth-order valence-corrected chi connectivity index (χ4v) is 24.7. The molecule has 0 bridgehead atoms. The highest BCUT2D eigenvalue weighted by Crippen LogP contribution is 2.60. The molecule has 0 spiro atoms. The molecular weight excluding hydrogens is 1660 g/mol. The van der Waals surface area contributed by atoms with Gasteiger partial charge in [0.05, 0.1) is 16.7 Å². The van der Waals surface area contributed by atoms with Crippen molar-refractivity contribution in [1.82, 2.24) is 4.57 Å². The lowest BCUT2D eigenvalue weighted by molar-refractivity contribution is 0.660. The first-order chi connectivity index (χ1) is 68.2. The number of hydrogen-bond acceptors (Lipinski definition) is 0. The number of aromatic nitrogens is 1. The Labute approximate surface area is 799 Å². The van der Waals surface area contributed by atoms with E-state index >= 15 is 0 Å². The highest BCUT2D eigenvalue weighted by molar-refractivity contribution is 6.34. The first-order valence-corrected chi connectivity index (χ1v) is 48.3. The maximum Gasteiger partial charge on any atom is 0.0541 e. The van der Waals surface area contributed by atoms with Gasteiger partial charge in [0.1, 0.15) is 0 Å². The molecule has 1 aromatic heterocycles. The predicted molar refractivity (Wildman–Crippen MR) is 590 cm³/mol. The SMILES string of the molecule is CC1(C)c2ccccc2-c2cc(-c3ccc(-c4ccc5c6c(cc7ccccc7c46)-c4ccc6ccccc6c4-5)cc3)ccc21.c1ccc(-c2ccc3cc(-c4ccc5cc(-c6ccc7c8c(cccc68)-c6c-7c7ccccc7c7ccccc67)ccc5c4)ccc3c2)cc1.c1ccc(-n2c3ccccc3c3ccccc32)c(-c2ccc3c4c(cc5ccccc5c24)-c2cc4ccccc4cc2-3)c1. The standard InChI is InChI=1S/C50H30.C45H30.C42H25N/c1-2-9-31(10-3-1)32-17-18-34-28-35(20-19-33(34)27-32)36-21-22-38-30-39(24-23-37(38)29-36)40-25-26-47-48-43(40)15-8-16-46(48)49-44-13-6-4-11-41(44)42-12-5-7-14-45(42)50(47)49;1-45(2)40-14-8-7-13-35(40)38-25-30(20-24-41(38)45)27-15-17-29(18-16-27)34-22-23-37-42-32-11-5-3-9-28(32)19-21-36(42)39-26-31-10-4-6-12-33(31)43(34)44(37)39;1-2-12-27-24-36-35(23-26(27)11-1)34-22-21-33(41-29-14-4-3-13-28(29)25-37(36)42(34)41)32-17-7-10-20-40(32)43-38-18-8-5-15-30(38)31-16-6-9-19-39(31)43/h1-30H;3-26H,1-2H3;1-25H. The highest BCUT2D eigenvalue weighted by atomic mass is 15.0. The number of benzene rings is 26. The zero-order chi connectivity index (χ0) is 90.7. The molecule has 1 heterocycles. The Balaban J connectivity index is 0.000000100. The summed E-state index contributed by atoms with van der Waals surface area (Å²) in [5, 5.41) is 31.3. The van der Waals surface area contributed by atoms with Gasteiger partial charge in [0, 0.05) is 21.8 Å². The van der Waals surface area contributed by atoms with Crippen molar-refractivity contribution in [2.24, 2.45) is 0 Å². The molecule has 0 aliphatic heterocycles. The van der Waals surface area contributed by atoms with Crippen LogP contribution >= 0.6 is 0 Å². The molecule has 4 aliphatic rings. The Morgan fingerprint density at radius 3 is 1.14 bits per heavy atom. The van der Waals surface area contributed by atoms with Crippen LogP contribution < -0.4 is 0 Å². The molecule has 138 heavy (non-hydrogen) atoms. The predicted octanol–water partition coefficient (Wildman–Crippen LogP) is 38.1. The van der Waals surface area contributed by atoms with E-state index in [0.29, 0.717) is 0 Å². The van der Waals surface area contributed by atoms with Gasteiger partial charge >= 0.3 is 0 Å². The average Bonchev–Trinajstić information content (AvgIpc) is 1.55. The second-order valence-electron chi connectivity index (χ2n) is 38.6. The molecule has 0 saturated carbocycles. The first-order valence-electron chi connectivity index (χ1n) is 48.3. The molecule has 0 N–H and O–H groups in total. The van der Waals surface area contributed by atoms with Crippen molar-refractivity contribution in [1.29, 1.82) is 0 Å². The molecule has 0 radical (unpaired) electrons. The van der Waals surface area contributed by atoms with Gasteiger partial charge in [0.2, 0.25) is 0 Å². The van der Waals surface area contributed by atoms with Crippen LogP contribution in [-0.2, 0) is 5.41 Å². The van der Waals surface area contributed by atoms with Crippen molar-refractivity contribution in [3.63, 3.8) is 0 Å². The van der Waals surface area contributed by atoms with Gasteiger partial charge < -0.3 is 4.57 Å². The Hall–Kier alpha value is -17.6. The summed E-state index contributed by atoms with van der Waals surface area (Å²) in [5.41, 5.74) is 40.5. The number of para-hydroxylation sites is 3. The molecule has 638 valence electrons. The van der Waals surface area contributed by atoms with Crippen LogP contribution in [0.5, 0.6) is 0 Å². The third kappa shape index (κ3) is 11.7. The molecule has 0 atom stereocenters. The quantitative estimate of drug-likeness (QED) is 0.140. The largest absolute Gasteiger partial charge is 0.309 e. The fraction of sp³-hybridized carbons (Fsp3) is 0.0219. The lowest BCUT2D eigenvalue weighted by Crippen LogP contribution is -2.14. The monoisotopic (exact) mass is 1740 g/mol. The molecule has 27 aromatic rings. The lowest BCUT2D eigenvalue weighted by atomic mass is 9.82. The Bertz CT molecular complexity index is 9870. The van der Waals surface area contributed by atoms with E-state index in [-0.39, 0.29) is 5.41 Å². The van der Waals surface area contributed by atoms with E-state index in [4.69, 9.17) is 0 Å². The number of fused-ring (bicyclic) bond motifs is 29. The van der Waals surface area contributed by atoms with Crippen LogP contribution in [0.4, 0.5) is 0 Å². The maximum absolute atomic E-state index is 2.45. The smallest absolute Gasteiger partial charge is 0.0541 e. The van der Waals surface area contributed by atoms with Crippen molar-refractivity contribution >= 4 is 140 Å². The zero-order valence-electron chi connectivity index (χ0n) is 76.1. The topological polar surface area (TPSA) is 4.93 Å². The van der Waals surface area contributed by atoms with Gasteiger partial charge in [-0.1, -0.05) is 420 Å². The minimum absolute atomic E-state index is 0.0266. The molecule has 31 rings (SSSR count). The van der Waals surface area contributed by atoms with Crippen LogP contribution in [0.15, 0.2) is 479 Å². The van der Waals surface area contributed by atoms with E-state index in [1.807, 2.05) is 0 Å². The number of nitrogens with zero attached hydrogens (tertiary/aromatic N) is 1. The molecule has 0 fully saturated rings. The van der Waals surface area contributed by atoms with Crippen molar-refractivity contribution in [2.45, 2.75) is 19.3 Å². The summed E-state index contributed by atoms with van der Waals surface area (Å²) in [6, 6.07) is 178. The van der Waals surface area contributed by atoms with Crippen molar-refractivity contribution in [3.05, 3.63) is 490 Å². The minimum Gasteiger partial charge on any atom is -0.309 e. The first kappa shape index (κ1) is 77.9. The average molecular weight is 1750 g/mol. The van der Waals surface area contributed by atoms with E-state index in [9.17, 15) is 0 Å². The number of hydrogen-bond donors (Lipinski definition) is 0. The van der Waals surface area contributed by atoms with Crippen molar-refractivity contribution in [3.8, 4) is 150 Å². The van der Waals surface area contributed by atoms with Gasteiger partial charge in [-0.15, -0.1) is 0 Å². The summed E-state index contributed by atoms with van der Waals surface area (Å²) in [4.78, 5) is 0. The molecule has 4 aliphatic carbocycles. The minimum atomic E-state index is 0.0266. The third-order valence-electron chi connectivity index (χ3n) is 31.0. The van der Waals surface area contributed by atoms with E-state index in [1.165, 1.54) is 302 Å². The molecule has 26 aromatic carbocycles. The Morgan fingerprint density at radius 2 is 0.507 bits per heavy atom. The maximum atomic E-state index is 2.45. The van der Waals surface area contributed by atoms with Gasteiger partial charge in [0.15, 0.2) is 0 Å². The van der Waals surface area contributed by atoms with Gasteiger partial charge in [-0.2, -0.15) is 0 Å². The number of rotatable bonds is 7. The second kappa shape index (κ2) is 30.2. The van der Waals surface area contributed by atoms with E-state index in [2.05, 4.69) is 498 Å². The molecule has 0 unspecified atom stereocenters. The molecule has 0 saturated heterocycles. The fourth-order valence-electron chi connectivity index (χ4n) is 24.7. The van der Waals surface area contributed by atoms with Crippen LogP contribution in [0.3, 0.4) is 0 Å². The van der Waals surface area contributed by atoms with Crippen molar-refractivity contribution in [2.75, 3.05) is 0 Å². The van der Waals surface area contributed by atoms with Gasteiger partial charge in [-0.3, -0.25) is 0 Å². The normalized spacial score (nSPS) is 12.6. The van der Waals surface area contributed by atoms with Crippen LogP contribution in [0.2, 0.25) is 0 Å². The summed E-state index contributed by atoms with van der Waals surface area (Å²) in [7, 11) is 0. The molecular formula is C137H85N. The summed E-state index contributed by atoms with van der Waals surface area (Å²) in [6.07, 6.45) is 0. The highest BCUT2D eigenvalue weighted by Gasteiger charge is 2.37. The molecule has 1 heteroatoms. The summed E-state index contributed by atoms with van der Waals surface area (Å²) < 4.78 is 2.45. The lowest BCUT2D eigenvalue weighted by Gasteiger charge is -2.21. The van der Waals surface area contributed by atoms with E-state index in [1.54, 1.807) is 0 Å². The van der Waals surface area contributed by atoms with Crippen LogP contribution in [0.25, 0.3) is 291 Å². The zero-order valence-corrected chi connectivity index (χ0v) is 76.1. The molecule has 1 nitrogen and oxygen atoms in total. The Kier molecular flexibility index (Phi) is 17.1. The van der Waals surface area contributed by atoms with Crippen LogP contribution in [0, 0.1) is 0 Å². The van der Waals surface area contributed by atoms with Crippen LogP contribution in [0.1, 0.15) is 25.0 Å². The van der Waals surface area contributed by atoms with E-state index < -0.39 is 0 Å². The van der Waals surface area contributed by atoms with Crippen molar-refractivity contribution < 1.29 is 0 Å². The van der Waals surface area contributed by atoms with Gasteiger partial charge in [0.25, 0.3) is 0 Å². The summed E-state index contributed by atoms with van der Waals surface area (Å²) >= 11 is 0.